The van der Waals surface area contributed by atoms with E-state index in [9.17, 15) is 4.79 Å². The van der Waals surface area contributed by atoms with Gasteiger partial charge in [-0.2, -0.15) is 0 Å². The highest BCUT2D eigenvalue weighted by atomic mass is 16.5. The van der Waals surface area contributed by atoms with Gasteiger partial charge in [-0.3, -0.25) is 4.79 Å². The molecule has 1 rings (SSSR count). The molecule has 0 aliphatic heterocycles. The molecular weight excluding hydrogens is 266 g/mol. The van der Waals surface area contributed by atoms with Gasteiger partial charge in [0.1, 0.15) is 11.4 Å². The Morgan fingerprint density at radius 2 is 1.81 bits per heavy atom. The number of benzene rings is 1. The molecule has 1 aromatic carbocycles. The van der Waals surface area contributed by atoms with Crippen LogP contribution in [-0.4, -0.2) is 25.2 Å². The molecule has 118 valence electrons. The lowest BCUT2D eigenvalue weighted by Gasteiger charge is -2.26. The molecule has 0 aliphatic rings. The first-order valence-electron chi connectivity index (χ1n) is 7.48. The van der Waals surface area contributed by atoms with E-state index in [1.807, 2.05) is 46.8 Å². The molecule has 21 heavy (non-hydrogen) atoms. The van der Waals surface area contributed by atoms with E-state index in [0.29, 0.717) is 13.0 Å². The minimum atomic E-state index is -0.796. The first kappa shape index (κ1) is 17.5. The number of aryl methyl sites for hydroxylation is 2. The maximum absolute atomic E-state index is 12.4. The van der Waals surface area contributed by atoms with Crippen LogP contribution in [0.1, 0.15) is 44.7 Å². The smallest absolute Gasteiger partial charge is 0.256 e. The zero-order valence-corrected chi connectivity index (χ0v) is 14.0. The van der Waals surface area contributed by atoms with Gasteiger partial charge in [0.05, 0.1) is 6.61 Å². The van der Waals surface area contributed by atoms with E-state index in [1.54, 1.807) is 7.11 Å². The Hall–Kier alpha value is -1.55. The second-order valence-electron chi connectivity index (χ2n) is 5.51. The van der Waals surface area contributed by atoms with Gasteiger partial charge in [-0.05, 0) is 57.4 Å². The third-order valence-corrected chi connectivity index (χ3v) is 3.66. The number of hydrogen-bond acceptors (Lipinski definition) is 3. The number of carbonyl (C=O) groups is 1. The third kappa shape index (κ3) is 4.21. The summed E-state index contributed by atoms with van der Waals surface area (Å²) in [6.07, 6.45) is 1.57. The predicted octanol–water partition coefficient (Wildman–Crippen LogP) is 3.85. The van der Waals surface area contributed by atoms with Gasteiger partial charge in [0.2, 0.25) is 0 Å². The molecule has 4 nitrogen and oxygen atoms in total. The third-order valence-electron chi connectivity index (χ3n) is 3.66. The van der Waals surface area contributed by atoms with E-state index in [-0.39, 0.29) is 5.91 Å². The van der Waals surface area contributed by atoms with Crippen LogP contribution >= 0.6 is 0 Å². The van der Waals surface area contributed by atoms with Crippen LogP contribution in [0.2, 0.25) is 0 Å². The highest BCUT2D eigenvalue weighted by Crippen LogP contribution is 2.28. The van der Waals surface area contributed by atoms with Crippen LogP contribution in [0.25, 0.3) is 0 Å². The number of anilines is 1. The Labute approximate surface area is 127 Å². The van der Waals surface area contributed by atoms with Crippen molar-refractivity contribution in [1.82, 2.24) is 0 Å². The maximum Gasteiger partial charge on any atom is 0.256 e. The van der Waals surface area contributed by atoms with Gasteiger partial charge in [-0.1, -0.05) is 13.3 Å². The van der Waals surface area contributed by atoms with E-state index in [0.717, 1.165) is 29.0 Å². The molecule has 1 N–H and O–H groups in total. The van der Waals surface area contributed by atoms with Crippen LogP contribution in [0.4, 0.5) is 5.69 Å². The highest BCUT2D eigenvalue weighted by molar-refractivity contribution is 5.97. The lowest BCUT2D eigenvalue weighted by Crippen LogP contribution is -2.41. The van der Waals surface area contributed by atoms with Gasteiger partial charge in [-0.15, -0.1) is 0 Å². The summed E-state index contributed by atoms with van der Waals surface area (Å²) in [4.78, 5) is 12.4. The van der Waals surface area contributed by atoms with Gasteiger partial charge in [0.15, 0.2) is 0 Å². The van der Waals surface area contributed by atoms with E-state index >= 15 is 0 Å². The minimum Gasteiger partial charge on any atom is -0.493 e. The Bertz CT molecular complexity index is 476. The van der Waals surface area contributed by atoms with Gasteiger partial charge >= 0.3 is 0 Å². The molecule has 0 bridgehead atoms. The Morgan fingerprint density at radius 3 is 2.24 bits per heavy atom. The van der Waals surface area contributed by atoms with Crippen molar-refractivity contribution >= 4 is 11.6 Å². The number of carbonyl (C=O) groups excluding carboxylic acids is 1. The first-order valence-corrected chi connectivity index (χ1v) is 7.48. The van der Waals surface area contributed by atoms with E-state index < -0.39 is 5.60 Å². The molecule has 0 aromatic heterocycles. The summed E-state index contributed by atoms with van der Waals surface area (Å²) in [6, 6.07) is 3.86. The monoisotopic (exact) mass is 293 g/mol. The summed E-state index contributed by atoms with van der Waals surface area (Å²) in [5, 5.41) is 2.95. The normalized spacial score (nSPS) is 13.6. The molecule has 0 radical (unpaired) electrons. The summed E-state index contributed by atoms with van der Waals surface area (Å²) in [6.45, 7) is 10.4. The molecular formula is C17H27NO3. The molecule has 0 heterocycles. The Morgan fingerprint density at radius 1 is 1.24 bits per heavy atom. The van der Waals surface area contributed by atoms with Crippen molar-refractivity contribution in [1.29, 1.82) is 0 Å². The van der Waals surface area contributed by atoms with Crippen molar-refractivity contribution in [2.24, 2.45) is 0 Å². The molecule has 0 saturated carbocycles. The molecule has 4 heteroatoms. The Balaban J connectivity index is 2.96. The number of methoxy groups -OCH3 is 1. The van der Waals surface area contributed by atoms with Crippen molar-refractivity contribution in [3.8, 4) is 5.75 Å². The SMILES string of the molecule is CCCC(C)(OC)C(=O)Nc1cc(C)c(OCC)c(C)c1. The molecule has 1 atom stereocenters. The highest BCUT2D eigenvalue weighted by Gasteiger charge is 2.32. The number of nitrogens with one attached hydrogen (secondary N) is 1. The molecule has 0 aliphatic carbocycles. The quantitative estimate of drug-likeness (QED) is 0.830. The van der Waals surface area contributed by atoms with Crippen molar-refractivity contribution in [3.63, 3.8) is 0 Å². The van der Waals surface area contributed by atoms with E-state index in [4.69, 9.17) is 9.47 Å². The summed E-state index contributed by atoms with van der Waals surface area (Å²) in [7, 11) is 1.57. The molecule has 0 spiro atoms. The fourth-order valence-electron chi connectivity index (χ4n) is 2.44. The number of hydrogen-bond donors (Lipinski definition) is 1. The fourth-order valence-corrected chi connectivity index (χ4v) is 2.44. The van der Waals surface area contributed by atoms with Crippen LogP contribution < -0.4 is 10.1 Å². The average molecular weight is 293 g/mol. The fraction of sp³-hybridized carbons (Fsp3) is 0.588. The van der Waals surface area contributed by atoms with Crippen molar-refractivity contribution in [3.05, 3.63) is 23.3 Å². The van der Waals surface area contributed by atoms with Crippen LogP contribution in [0, 0.1) is 13.8 Å². The van der Waals surface area contributed by atoms with Gasteiger partial charge in [0.25, 0.3) is 5.91 Å². The minimum absolute atomic E-state index is 0.116. The zero-order chi connectivity index (χ0) is 16.0. The van der Waals surface area contributed by atoms with Crippen LogP contribution in [0.15, 0.2) is 12.1 Å². The van der Waals surface area contributed by atoms with Crippen LogP contribution in [0.5, 0.6) is 5.75 Å². The molecule has 0 saturated heterocycles. The van der Waals surface area contributed by atoms with Gasteiger partial charge < -0.3 is 14.8 Å². The summed E-state index contributed by atoms with van der Waals surface area (Å²) < 4.78 is 11.0. The second kappa shape index (κ2) is 7.46. The van der Waals surface area contributed by atoms with Gasteiger partial charge in [0, 0.05) is 12.8 Å². The van der Waals surface area contributed by atoms with E-state index in [1.165, 1.54) is 0 Å². The number of amides is 1. The average Bonchev–Trinajstić information content (AvgIpc) is 2.43. The standard InChI is InChI=1S/C17H27NO3/c1-7-9-17(5,20-6)16(19)18-14-10-12(3)15(21-8-2)13(4)11-14/h10-11H,7-9H2,1-6H3,(H,18,19). The number of rotatable bonds is 7. The first-order chi connectivity index (χ1) is 9.87. The molecule has 0 fully saturated rings. The maximum atomic E-state index is 12.4. The predicted molar refractivity (Wildman–Crippen MR) is 86.0 cm³/mol. The Kier molecular flexibility index (Phi) is 6.21. The summed E-state index contributed by atoms with van der Waals surface area (Å²) >= 11 is 0. The topological polar surface area (TPSA) is 47.6 Å². The number of ether oxygens (including phenoxy) is 2. The lowest BCUT2D eigenvalue weighted by atomic mass is 9.99. The van der Waals surface area contributed by atoms with Crippen LogP contribution in [-0.2, 0) is 9.53 Å². The van der Waals surface area contributed by atoms with Crippen molar-refractivity contribution in [2.75, 3.05) is 19.0 Å². The second-order valence-corrected chi connectivity index (χ2v) is 5.51. The molecule has 1 aromatic rings. The molecule has 1 amide bonds. The zero-order valence-electron chi connectivity index (χ0n) is 14.0. The van der Waals surface area contributed by atoms with Crippen molar-refractivity contribution in [2.45, 2.75) is 53.1 Å². The summed E-state index contributed by atoms with van der Waals surface area (Å²) in [5.41, 5.74) is 2.01. The largest absolute Gasteiger partial charge is 0.493 e. The lowest BCUT2D eigenvalue weighted by molar-refractivity contribution is -0.136. The molecule has 1 unspecified atom stereocenters. The van der Waals surface area contributed by atoms with E-state index in [2.05, 4.69) is 5.32 Å². The van der Waals surface area contributed by atoms with Gasteiger partial charge in [-0.25, -0.2) is 0 Å². The van der Waals surface area contributed by atoms with Crippen molar-refractivity contribution < 1.29 is 14.3 Å². The van der Waals surface area contributed by atoms with Crippen LogP contribution in [0.3, 0.4) is 0 Å². The summed E-state index contributed by atoms with van der Waals surface area (Å²) in [5.74, 6) is 0.772.